The highest BCUT2D eigenvalue weighted by Crippen LogP contribution is 2.40. The van der Waals surface area contributed by atoms with Crippen molar-refractivity contribution in [2.24, 2.45) is 0 Å². The first kappa shape index (κ1) is 12.4. The van der Waals surface area contributed by atoms with E-state index in [-0.39, 0.29) is 17.6 Å². The summed E-state index contributed by atoms with van der Waals surface area (Å²) in [6, 6.07) is 7.45. The van der Waals surface area contributed by atoms with E-state index in [0.29, 0.717) is 17.9 Å². The number of amides is 1. The van der Waals surface area contributed by atoms with Gasteiger partial charge in [0.2, 0.25) is 5.91 Å². The van der Waals surface area contributed by atoms with Crippen LogP contribution in [0.3, 0.4) is 0 Å². The van der Waals surface area contributed by atoms with Gasteiger partial charge in [-0.25, -0.2) is 0 Å². The number of carbonyl (C=O) groups excluding carboxylic acids is 2. The lowest BCUT2D eigenvalue weighted by atomic mass is 9.78. The first-order chi connectivity index (χ1) is 9.16. The number of nitrogens with one attached hydrogen (secondary N) is 1. The Morgan fingerprint density at radius 2 is 1.95 bits per heavy atom. The molecule has 1 aliphatic heterocycles. The largest absolute Gasteiger partial charge is 0.329 e. The highest BCUT2D eigenvalue weighted by Gasteiger charge is 2.35. The van der Waals surface area contributed by atoms with Crippen LogP contribution in [0.25, 0.3) is 0 Å². The summed E-state index contributed by atoms with van der Waals surface area (Å²) in [6.45, 7) is 0. The molecule has 0 aromatic heterocycles. The van der Waals surface area contributed by atoms with E-state index in [4.69, 9.17) is 11.6 Å². The summed E-state index contributed by atoms with van der Waals surface area (Å²) in [5, 5.41) is 3.46. The second-order valence-corrected chi connectivity index (χ2v) is 5.40. The van der Waals surface area contributed by atoms with E-state index in [2.05, 4.69) is 5.32 Å². The van der Waals surface area contributed by atoms with Crippen LogP contribution in [0.2, 0.25) is 5.02 Å². The first-order valence-corrected chi connectivity index (χ1v) is 6.85. The second-order valence-electron chi connectivity index (χ2n) is 5.00. The third kappa shape index (κ3) is 2.19. The Labute approximate surface area is 116 Å². The molecule has 0 unspecified atom stereocenters. The van der Waals surface area contributed by atoms with Gasteiger partial charge in [0.1, 0.15) is 0 Å². The summed E-state index contributed by atoms with van der Waals surface area (Å²) in [6.07, 6.45) is 2.45. The molecule has 1 atom stereocenters. The van der Waals surface area contributed by atoms with Crippen LogP contribution >= 0.6 is 11.6 Å². The molecule has 2 aliphatic rings. The molecule has 19 heavy (non-hydrogen) atoms. The van der Waals surface area contributed by atoms with Gasteiger partial charge in [-0.05, 0) is 24.5 Å². The zero-order valence-corrected chi connectivity index (χ0v) is 11.2. The van der Waals surface area contributed by atoms with Gasteiger partial charge in [-0.1, -0.05) is 29.8 Å². The van der Waals surface area contributed by atoms with Crippen molar-refractivity contribution in [1.82, 2.24) is 5.32 Å². The zero-order valence-electron chi connectivity index (χ0n) is 10.4. The summed E-state index contributed by atoms with van der Waals surface area (Å²) in [4.78, 5) is 24.0. The Hall–Kier alpha value is -1.61. The maximum atomic E-state index is 12.2. The van der Waals surface area contributed by atoms with E-state index in [1.54, 1.807) is 6.07 Å². The number of rotatable bonds is 1. The van der Waals surface area contributed by atoms with Crippen molar-refractivity contribution < 1.29 is 9.59 Å². The fourth-order valence-corrected chi connectivity index (χ4v) is 3.20. The Kier molecular flexibility index (Phi) is 3.15. The van der Waals surface area contributed by atoms with Crippen molar-refractivity contribution in [3.8, 4) is 0 Å². The van der Waals surface area contributed by atoms with Crippen molar-refractivity contribution in [1.29, 1.82) is 0 Å². The number of hydrogen-bond acceptors (Lipinski definition) is 2. The normalized spacial score (nSPS) is 23.1. The van der Waals surface area contributed by atoms with E-state index in [1.807, 2.05) is 18.2 Å². The van der Waals surface area contributed by atoms with Gasteiger partial charge in [0.25, 0.3) is 0 Å². The highest BCUT2D eigenvalue weighted by molar-refractivity contribution is 6.31. The van der Waals surface area contributed by atoms with E-state index in [9.17, 15) is 9.59 Å². The quantitative estimate of drug-likeness (QED) is 0.856. The number of benzene rings is 1. The monoisotopic (exact) mass is 275 g/mol. The number of carbonyl (C=O) groups is 2. The van der Waals surface area contributed by atoms with Crippen molar-refractivity contribution >= 4 is 23.3 Å². The molecule has 0 spiro atoms. The summed E-state index contributed by atoms with van der Waals surface area (Å²) in [7, 11) is 0. The van der Waals surface area contributed by atoms with Crippen molar-refractivity contribution in [3.63, 3.8) is 0 Å². The SMILES string of the molecule is O=C1C[C@@H](c2ccccc2Cl)C2=C(CCCC2=O)N1. The van der Waals surface area contributed by atoms with Crippen LogP contribution in [0.4, 0.5) is 0 Å². The lowest BCUT2D eigenvalue weighted by Gasteiger charge is -2.31. The van der Waals surface area contributed by atoms with Gasteiger partial charge in [0.05, 0.1) is 0 Å². The van der Waals surface area contributed by atoms with Crippen molar-refractivity contribution in [2.45, 2.75) is 31.6 Å². The molecule has 3 rings (SSSR count). The van der Waals surface area contributed by atoms with E-state index in [1.165, 1.54) is 0 Å². The standard InChI is InChI=1S/C15H14ClNO2/c16-11-5-2-1-4-9(11)10-8-14(19)17-12-6-3-7-13(18)15(10)12/h1-2,4-5,10H,3,6-8H2,(H,17,19)/t10-/m0/s1. The summed E-state index contributed by atoms with van der Waals surface area (Å²) in [5.41, 5.74) is 2.44. The van der Waals surface area contributed by atoms with Crippen LogP contribution in [-0.4, -0.2) is 11.7 Å². The maximum Gasteiger partial charge on any atom is 0.225 e. The van der Waals surface area contributed by atoms with Crippen molar-refractivity contribution in [2.75, 3.05) is 0 Å². The van der Waals surface area contributed by atoms with Crippen LogP contribution in [-0.2, 0) is 9.59 Å². The smallest absolute Gasteiger partial charge is 0.225 e. The van der Waals surface area contributed by atoms with Crippen LogP contribution in [0.1, 0.15) is 37.2 Å². The average Bonchev–Trinajstić information content (AvgIpc) is 2.38. The number of hydrogen-bond donors (Lipinski definition) is 1. The Morgan fingerprint density at radius 1 is 1.16 bits per heavy atom. The molecular formula is C15H14ClNO2. The molecule has 4 heteroatoms. The Morgan fingerprint density at radius 3 is 2.74 bits per heavy atom. The molecule has 0 radical (unpaired) electrons. The molecule has 0 fully saturated rings. The van der Waals surface area contributed by atoms with Crippen LogP contribution in [0.5, 0.6) is 0 Å². The lowest BCUT2D eigenvalue weighted by Crippen LogP contribution is -2.36. The Balaban J connectivity index is 2.11. The van der Waals surface area contributed by atoms with Gasteiger partial charge in [0, 0.05) is 35.1 Å². The van der Waals surface area contributed by atoms with Crippen LogP contribution in [0, 0.1) is 0 Å². The highest BCUT2D eigenvalue weighted by atomic mass is 35.5. The number of ketones is 1. The fourth-order valence-electron chi connectivity index (χ4n) is 2.93. The minimum absolute atomic E-state index is 0.0293. The summed E-state index contributed by atoms with van der Waals surface area (Å²) in [5.74, 6) is -0.0743. The second kappa shape index (κ2) is 4.82. The van der Waals surface area contributed by atoms with Crippen LogP contribution < -0.4 is 5.32 Å². The molecule has 0 saturated heterocycles. The van der Waals surface area contributed by atoms with E-state index in [0.717, 1.165) is 29.7 Å². The molecule has 1 N–H and O–H groups in total. The maximum absolute atomic E-state index is 12.2. The predicted octanol–water partition coefficient (Wildman–Crippen LogP) is 2.95. The van der Waals surface area contributed by atoms with Crippen LogP contribution in [0.15, 0.2) is 35.5 Å². The minimum Gasteiger partial charge on any atom is -0.329 e. The van der Waals surface area contributed by atoms with Gasteiger partial charge in [-0.2, -0.15) is 0 Å². The van der Waals surface area contributed by atoms with E-state index < -0.39 is 0 Å². The number of halogens is 1. The third-order valence-electron chi connectivity index (χ3n) is 3.77. The molecule has 3 nitrogen and oxygen atoms in total. The van der Waals surface area contributed by atoms with E-state index >= 15 is 0 Å². The molecule has 0 bridgehead atoms. The predicted molar refractivity (Wildman–Crippen MR) is 72.8 cm³/mol. The molecule has 1 aromatic rings. The molecule has 1 heterocycles. The first-order valence-electron chi connectivity index (χ1n) is 6.47. The average molecular weight is 276 g/mol. The fraction of sp³-hybridized carbons (Fsp3) is 0.333. The van der Waals surface area contributed by atoms with Gasteiger partial charge in [-0.15, -0.1) is 0 Å². The molecule has 1 aromatic carbocycles. The lowest BCUT2D eigenvalue weighted by molar-refractivity contribution is -0.122. The number of allylic oxidation sites excluding steroid dienone is 2. The molecular weight excluding hydrogens is 262 g/mol. The van der Waals surface area contributed by atoms with Gasteiger partial charge in [-0.3, -0.25) is 9.59 Å². The molecule has 1 aliphatic carbocycles. The number of Topliss-reactive ketones (excluding diaryl/α,β-unsaturated/α-hetero) is 1. The summed E-state index contributed by atoms with van der Waals surface area (Å²) < 4.78 is 0. The molecule has 1 amide bonds. The van der Waals surface area contributed by atoms with Crippen molar-refractivity contribution in [3.05, 3.63) is 46.1 Å². The van der Waals surface area contributed by atoms with Gasteiger partial charge < -0.3 is 5.32 Å². The summed E-state index contributed by atoms with van der Waals surface area (Å²) >= 11 is 6.22. The zero-order chi connectivity index (χ0) is 13.4. The Bertz CT molecular complexity index is 592. The third-order valence-corrected chi connectivity index (χ3v) is 4.11. The topological polar surface area (TPSA) is 46.2 Å². The molecule has 98 valence electrons. The van der Waals surface area contributed by atoms with Gasteiger partial charge >= 0.3 is 0 Å². The minimum atomic E-state index is -0.190. The van der Waals surface area contributed by atoms with Gasteiger partial charge in [0.15, 0.2) is 5.78 Å². The molecule has 0 saturated carbocycles.